The van der Waals surface area contributed by atoms with E-state index in [1.807, 2.05) is 0 Å². The minimum absolute atomic E-state index is 0.598. The first-order valence-corrected chi connectivity index (χ1v) is 8.15. The van der Waals surface area contributed by atoms with Crippen LogP contribution in [0.4, 0.5) is 5.82 Å². The Morgan fingerprint density at radius 3 is 2.80 bits per heavy atom. The molecule has 0 spiro atoms. The molecule has 0 aromatic carbocycles. The Bertz CT molecular complexity index is 483. The number of aromatic nitrogens is 1. The minimum atomic E-state index is 0.598. The van der Waals surface area contributed by atoms with Gasteiger partial charge in [-0.3, -0.25) is 0 Å². The predicted molar refractivity (Wildman–Crippen MR) is 84.0 cm³/mol. The molecular weight excluding hydrogens is 246 g/mol. The first-order chi connectivity index (χ1) is 9.70. The summed E-state index contributed by atoms with van der Waals surface area (Å²) in [5.74, 6) is 1.90. The predicted octanol–water partition coefficient (Wildman–Crippen LogP) is 3.04. The molecule has 0 saturated heterocycles. The van der Waals surface area contributed by atoms with Crippen molar-refractivity contribution < 1.29 is 0 Å². The van der Waals surface area contributed by atoms with E-state index < -0.39 is 0 Å². The molecule has 2 aliphatic carbocycles. The fraction of sp³-hybridized carbons (Fsp3) is 0.706. The maximum atomic E-state index is 5.98. The van der Waals surface area contributed by atoms with E-state index in [1.165, 1.54) is 55.3 Å². The van der Waals surface area contributed by atoms with Crippen molar-refractivity contribution in [3.8, 4) is 0 Å². The van der Waals surface area contributed by atoms with Gasteiger partial charge < -0.3 is 10.6 Å². The van der Waals surface area contributed by atoms with Crippen LogP contribution in [0, 0.1) is 5.92 Å². The van der Waals surface area contributed by atoms with Gasteiger partial charge in [0, 0.05) is 30.9 Å². The lowest BCUT2D eigenvalue weighted by atomic mass is 9.85. The van der Waals surface area contributed by atoms with Crippen LogP contribution in [0.15, 0.2) is 6.07 Å². The average Bonchev–Trinajstić information content (AvgIpc) is 2.92. The molecule has 1 aromatic heterocycles. The van der Waals surface area contributed by atoms with E-state index in [9.17, 15) is 0 Å². The van der Waals surface area contributed by atoms with Crippen LogP contribution in [0.5, 0.6) is 0 Å². The van der Waals surface area contributed by atoms with Crippen molar-refractivity contribution in [2.24, 2.45) is 11.7 Å². The van der Waals surface area contributed by atoms with Gasteiger partial charge in [0.05, 0.1) is 0 Å². The number of pyridine rings is 1. The Balaban J connectivity index is 1.92. The fourth-order valence-electron chi connectivity index (χ4n) is 3.99. The van der Waals surface area contributed by atoms with Crippen LogP contribution in [0.1, 0.15) is 55.8 Å². The molecule has 3 heteroatoms. The van der Waals surface area contributed by atoms with Gasteiger partial charge in [-0.2, -0.15) is 0 Å². The Morgan fingerprint density at radius 2 is 2.05 bits per heavy atom. The second-order valence-electron chi connectivity index (χ2n) is 6.57. The molecule has 2 unspecified atom stereocenters. The van der Waals surface area contributed by atoms with Crippen LogP contribution in [-0.4, -0.2) is 18.1 Å². The smallest absolute Gasteiger partial charge is 0.133 e. The van der Waals surface area contributed by atoms with Crippen LogP contribution >= 0.6 is 0 Å². The number of aryl methyl sites for hydroxylation is 2. The molecule has 20 heavy (non-hydrogen) atoms. The molecule has 0 amide bonds. The molecule has 2 atom stereocenters. The van der Waals surface area contributed by atoms with Crippen molar-refractivity contribution in [1.29, 1.82) is 0 Å². The largest absolute Gasteiger partial charge is 0.356 e. The van der Waals surface area contributed by atoms with Gasteiger partial charge in [0.2, 0.25) is 0 Å². The number of nitrogens with two attached hydrogens (primary N) is 1. The van der Waals surface area contributed by atoms with E-state index in [0.29, 0.717) is 12.6 Å². The van der Waals surface area contributed by atoms with Crippen LogP contribution in [0.2, 0.25) is 0 Å². The van der Waals surface area contributed by atoms with Gasteiger partial charge in [0.25, 0.3) is 0 Å². The van der Waals surface area contributed by atoms with Gasteiger partial charge >= 0.3 is 0 Å². The maximum Gasteiger partial charge on any atom is 0.133 e. The molecule has 1 fully saturated rings. The normalized spacial score (nSPS) is 25.6. The molecule has 1 heterocycles. The first-order valence-electron chi connectivity index (χ1n) is 8.15. The lowest BCUT2D eigenvalue weighted by molar-refractivity contribution is 0.320. The highest BCUT2D eigenvalue weighted by atomic mass is 15.2. The van der Waals surface area contributed by atoms with E-state index in [2.05, 4.69) is 24.9 Å². The van der Waals surface area contributed by atoms with Crippen LogP contribution < -0.4 is 10.6 Å². The summed E-state index contributed by atoms with van der Waals surface area (Å²) in [5.41, 5.74) is 9.95. The second-order valence-corrected chi connectivity index (χ2v) is 6.57. The van der Waals surface area contributed by atoms with Crippen molar-refractivity contribution in [2.45, 2.75) is 64.5 Å². The van der Waals surface area contributed by atoms with Crippen LogP contribution in [0.3, 0.4) is 0 Å². The highest BCUT2D eigenvalue weighted by molar-refractivity contribution is 5.51. The van der Waals surface area contributed by atoms with Crippen LogP contribution in [0.25, 0.3) is 0 Å². The summed E-state index contributed by atoms with van der Waals surface area (Å²) in [6.45, 7) is 2.98. The molecular formula is C17H27N3. The number of hydrogen-bond donors (Lipinski definition) is 1. The highest BCUT2D eigenvalue weighted by Crippen LogP contribution is 2.33. The Morgan fingerprint density at radius 1 is 1.25 bits per heavy atom. The number of hydrogen-bond acceptors (Lipinski definition) is 3. The average molecular weight is 273 g/mol. The SMILES string of the molecule is CC1CCCCC1N(C)c1nc2c(cc1CN)CCC2. The molecule has 1 saturated carbocycles. The van der Waals surface area contributed by atoms with Gasteiger partial charge in [0.1, 0.15) is 5.82 Å². The molecule has 0 aliphatic heterocycles. The topological polar surface area (TPSA) is 42.2 Å². The summed E-state index contributed by atoms with van der Waals surface area (Å²) in [5, 5.41) is 0. The van der Waals surface area contributed by atoms with E-state index in [-0.39, 0.29) is 0 Å². The number of rotatable bonds is 3. The number of nitrogens with zero attached hydrogens (tertiary/aromatic N) is 2. The zero-order chi connectivity index (χ0) is 14.1. The molecule has 3 nitrogen and oxygen atoms in total. The number of fused-ring (bicyclic) bond motifs is 1. The van der Waals surface area contributed by atoms with Gasteiger partial charge in [-0.25, -0.2) is 4.98 Å². The third-order valence-electron chi connectivity index (χ3n) is 5.22. The molecule has 2 aliphatic rings. The second kappa shape index (κ2) is 5.72. The monoisotopic (exact) mass is 273 g/mol. The van der Waals surface area contributed by atoms with Crippen molar-refractivity contribution in [2.75, 3.05) is 11.9 Å². The van der Waals surface area contributed by atoms with Crippen molar-refractivity contribution in [3.05, 3.63) is 22.9 Å². The standard InChI is InChI=1S/C17H27N3/c1-12-6-3-4-9-16(12)20(2)17-14(11-18)10-13-7-5-8-15(13)19-17/h10,12,16H,3-9,11,18H2,1-2H3. The molecule has 0 radical (unpaired) electrons. The van der Waals surface area contributed by atoms with E-state index in [1.54, 1.807) is 0 Å². The molecule has 3 rings (SSSR count). The van der Waals surface area contributed by atoms with Gasteiger partial charge in [-0.05, 0) is 49.7 Å². The summed E-state index contributed by atoms with van der Waals surface area (Å²) in [4.78, 5) is 7.40. The quantitative estimate of drug-likeness (QED) is 0.920. The van der Waals surface area contributed by atoms with Gasteiger partial charge in [-0.1, -0.05) is 19.8 Å². The van der Waals surface area contributed by atoms with Crippen LogP contribution in [-0.2, 0) is 19.4 Å². The first kappa shape index (κ1) is 13.9. The van der Waals surface area contributed by atoms with E-state index >= 15 is 0 Å². The summed E-state index contributed by atoms with van der Waals surface area (Å²) >= 11 is 0. The third-order valence-corrected chi connectivity index (χ3v) is 5.22. The molecule has 2 N–H and O–H groups in total. The van der Waals surface area contributed by atoms with Gasteiger partial charge in [0.15, 0.2) is 0 Å². The zero-order valence-corrected chi connectivity index (χ0v) is 12.9. The lowest BCUT2D eigenvalue weighted by Gasteiger charge is -2.38. The molecule has 110 valence electrons. The number of anilines is 1. The maximum absolute atomic E-state index is 5.98. The van der Waals surface area contributed by atoms with Crippen molar-refractivity contribution in [1.82, 2.24) is 4.98 Å². The Hall–Kier alpha value is -1.09. The van der Waals surface area contributed by atoms with Crippen molar-refractivity contribution >= 4 is 5.82 Å². The lowest BCUT2D eigenvalue weighted by Crippen LogP contribution is -2.40. The van der Waals surface area contributed by atoms with Crippen molar-refractivity contribution in [3.63, 3.8) is 0 Å². The fourth-order valence-corrected chi connectivity index (χ4v) is 3.99. The van der Waals surface area contributed by atoms with E-state index in [0.717, 1.165) is 18.2 Å². The Kier molecular flexibility index (Phi) is 3.97. The zero-order valence-electron chi connectivity index (χ0n) is 12.9. The molecule has 0 bridgehead atoms. The van der Waals surface area contributed by atoms with Gasteiger partial charge in [-0.15, -0.1) is 0 Å². The molecule has 1 aromatic rings. The highest BCUT2D eigenvalue weighted by Gasteiger charge is 2.28. The van der Waals surface area contributed by atoms with E-state index in [4.69, 9.17) is 10.7 Å². The summed E-state index contributed by atoms with van der Waals surface area (Å²) < 4.78 is 0. The summed E-state index contributed by atoms with van der Waals surface area (Å²) in [7, 11) is 2.22. The summed E-state index contributed by atoms with van der Waals surface area (Å²) in [6.07, 6.45) is 8.94. The minimum Gasteiger partial charge on any atom is -0.356 e. The third kappa shape index (κ3) is 2.44. The Labute approximate surface area is 122 Å². The summed E-state index contributed by atoms with van der Waals surface area (Å²) in [6, 6.07) is 2.94.